The van der Waals surface area contributed by atoms with E-state index in [2.05, 4.69) is 14.9 Å². The van der Waals surface area contributed by atoms with Gasteiger partial charge >= 0.3 is 0 Å². The molecule has 6 nitrogen and oxygen atoms in total. The van der Waals surface area contributed by atoms with Crippen molar-refractivity contribution in [2.24, 2.45) is 5.73 Å². The predicted molar refractivity (Wildman–Crippen MR) is 81.5 cm³/mol. The highest BCUT2D eigenvalue weighted by atomic mass is 32.2. The summed E-state index contributed by atoms with van der Waals surface area (Å²) in [6.45, 7) is 1.78. The van der Waals surface area contributed by atoms with Crippen molar-refractivity contribution in [1.82, 2.24) is 14.9 Å². The summed E-state index contributed by atoms with van der Waals surface area (Å²) < 4.78 is 28.2. The Morgan fingerprint density at radius 1 is 1.57 bits per heavy atom. The smallest absolute Gasteiger partial charge is 0.244 e. The molecule has 0 saturated carbocycles. The first-order valence-corrected chi connectivity index (χ1v) is 9.21. The standard InChI is InChI=1S/C13H18N4O2S2/c1-8-13(11(7-14)16-15-8)21(18,19)17-10-3-2-4-12-9(10)5-6-20-12/h5-6,10,17H,2-4,7,14H2,1H3,(H,15,16). The number of sulfonamides is 1. The van der Waals surface area contributed by atoms with Gasteiger partial charge in [0.1, 0.15) is 4.90 Å². The summed E-state index contributed by atoms with van der Waals surface area (Å²) in [5.74, 6) is 0. The Morgan fingerprint density at radius 2 is 2.38 bits per heavy atom. The molecule has 1 aliphatic carbocycles. The Morgan fingerprint density at radius 3 is 3.14 bits per heavy atom. The first-order chi connectivity index (χ1) is 10.0. The van der Waals surface area contributed by atoms with Gasteiger partial charge in [0.05, 0.1) is 11.4 Å². The SMILES string of the molecule is Cc1[nH]nc(CN)c1S(=O)(=O)NC1CCCc2sccc21. The molecule has 0 bridgehead atoms. The Hall–Kier alpha value is -1.22. The average molecular weight is 326 g/mol. The molecule has 4 N–H and O–H groups in total. The number of hydrogen-bond acceptors (Lipinski definition) is 5. The van der Waals surface area contributed by atoms with Crippen LogP contribution in [0.25, 0.3) is 0 Å². The summed E-state index contributed by atoms with van der Waals surface area (Å²) in [7, 11) is -3.63. The minimum absolute atomic E-state index is 0.0922. The highest BCUT2D eigenvalue weighted by molar-refractivity contribution is 7.89. The molecule has 1 atom stereocenters. The molecule has 2 aromatic heterocycles. The Bertz CT molecular complexity index is 748. The lowest BCUT2D eigenvalue weighted by atomic mass is 9.95. The lowest BCUT2D eigenvalue weighted by molar-refractivity contribution is 0.510. The Labute approximate surface area is 127 Å². The molecule has 0 aliphatic heterocycles. The highest BCUT2D eigenvalue weighted by Crippen LogP contribution is 2.34. The van der Waals surface area contributed by atoms with E-state index in [0.717, 1.165) is 24.8 Å². The number of aromatic amines is 1. The number of nitrogens with one attached hydrogen (secondary N) is 2. The van der Waals surface area contributed by atoms with Crippen LogP contribution in [0.3, 0.4) is 0 Å². The van der Waals surface area contributed by atoms with Crippen LogP contribution >= 0.6 is 11.3 Å². The Balaban J connectivity index is 1.93. The molecule has 21 heavy (non-hydrogen) atoms. The largest absolute Gasteiger partial charge is 0.325 e. The number of nitrogens with two attached hydrogens (primary N) is 1. The molecular weight excluding hydrogens is 308 g/mol. The monoisotopic (exact) mass is 326 g/mol. The molecule has 0 saturated heterocycles. The van der Waals surface area contributed by atoms with E-state index >= 15 is 0 Å². The van der Waals surface area contributed by atoms with Crippen LogP contribution in [0.4, 0.5) is 0 Å². The molecule has 0 amide bonds. The van der Waals surface area contributed by atoms with Crippen molar-refractivity contribution in [2.45, 2.75) is 43.7 Å². The number of fused-ring (bicyclic) bond motifs is 1. The summed E-state index contributed by atoms with van der Waals surface area (Å²) in [5, 5.41) is 8.68. The van der Waals surface area contributed by atoms with Crippen LogP contribution in [-0.2, 0) is 23.0 Å². The first-order valence-electron chi connectivity index (χ1n) is 6.85. The van der Waals surface area contributed by atoms with Crippen molar-refractivity contribution in [3.05, 3.63) is 33.3 Å². The number of hydrogen-bond donors (Lipinski definition) is 3. The topological polar surface area (TPSA) is 101 Å². The average Bonchev–Trinajstić information content (AvgIpc) is 3.05. The van der Waals surface area contributed by atoms with Crippen LogP contribution in [-0.4, -0.2) is 18.6 Å². The van der Waals surface area contributed by atoms with E-state index in [0.29, 0.717) is 11.4 Å². The molecule has 2 heterocycles. The van der Waals surface area contributed by atoms with Gasteiger partial charge in [0, 0.05) is 17.5 Å². The quantitative estimate of drug-likeness (QED) is 0.794. The van der Waals surface area contributed by atoms with Gasteiger partial charge in [-0.1, -0.05) is 0 Å². The van der Waals surface area contributed by atoms with Gasteiger partial charge in [-0.15, -0.1) is 11.3 Å². The summed E-state index contributed by atoms with van der Waals surface area (Å²) in [4.78, 5) is 1.46. The molecule has 1 aliphatic rings. The lowest BCUT2D eigenvalue weighted by Gasteiger charge is -2.23. The number of rotatable bonds is 4. The summed E-state index contributed by atoms with van der Waals surface area (Å²) in [6.07, 6.45) is 2.84. The van der Waals surface area contributed by atoms with Crippen molar-refractivity contribution >= 4 is 21.4 Å². The molecule has 2 aromatic rings. The molecule has 0 fully saturated rings. The number of aryl methyl sites for hydroxylation is 2. The van der Waals surface area contributed by atoms with Crippen molar-refractivity contribution < 1.29 is 8.42 Å². The van der Waals surface area contributed by atoms with E-state index in [-0.39, 0.29) is 17.5 Å². The maximum atomic E-state index is 12.7. The maximum Gasteiger partial charge on any atom is 0.244 e. The van der Waals surface area contributed by atoms with E-state index in [1.165, 1.54) is 4.88 Å². The van der Waals surface area contributed by atoms with Crippen LogP contribution in [0, 0.1) is 6.92 Å². The minimum Gasteiger partial charge on any atom is -0.325 e. The molecular formula is C13H18N4O2S2. The molecule has 1 unspecified atom stereocenters. The third kappa shape index (κ3) is 2.64. The van der Waals surface area contributed by atoms with E-state index < -0.39 is 10.0 Å². The normalized spacial score (nSPS) is 18.7. The van der Waals surface area contributed by atoms with Gasteiger partial charge in [0.15, 0.2) is 0 Å². The van der Waals surface area contributed by atoms with E-state index in [1.807, 2.05) is 11.4 Å². The van der Waals surface area contributed by atoms with Gasteiger partial charge in [-0.3, -0.25) is 5.10 Å². The van der Waals surface area contributed by atoms with Gasteiger partial charge in [0.25, 0.3) is 0 Å². The molecule has 0 spiro atoms. The fraction of sp³-hybridized carbons (Fsp3) is 0.462. The van der Waals surface area contributed by atoms with Gasteiger partial charge in [0.2, 0.25) is 10.0 Å². The van der Waals surface area contributed by atoms with Gasteiger partial charge < -0.3 is 5.73 Å². The fourth-order valence-electron chi connectivity index (χ4n) is 2.82. The number of thiophene rings is 1. The zero-order chi connectivity index (χ0) is 15.0. The fourth-order valence-corrected chi connectivity index (χ4v) is 5.43. The first kappa shape index (κ1) is 14.7. The van der Waals surface area contributed by atoms with Gasteiger partial charge in [-0.25, -0.2) is 13.1 Å². The van der Waals surface area contributed by atoms with Gasteiger partial charge in [-0.2, -0.15) is 5.10 Å². The van der Waals surface area contributed by atoms with Crippen LogP contribution < -0.4 is 10.5 Å². The van der Waals surface area contributed by atoms with E-state index in [4.69, 9.17) is 5.73 Å². The van der Waals surface area contributed by atoms with Crippen molar-refractivity contribution in [3.8, 4) is 0 Å². The summed E-state index contributed by atoms with van der Waals surface area (Å²) >= 11 is 1.69. The molecule has 0 aromatic carbocycles. The second-order valence-electron chi connectivity index (χ2n) is 5.19. The third-order valence-electron chi connectivity index (χ3n) is 3.77. The second kappa shape index (κ2) is 5.53. The van der Waals surface area contributed by atoms with E-state index in [1.54, 1.807) is 18.3 Å². The number of nitrogens with zero attached hydrogens (tertiary/aromatic N) is 1. The van der Waals surface area contributed by atoms with Crippen molar-refractivity contribution in [3.63, 3.8) is 0 Å². The van der Waals surface area contributed by atoms with E-state index in [9.17, 15) is 8.42 Å². The maximum absolute atomic E-state index is 12.7. The zero-order valence-electron chi connectivity index (χ0n) is 11.7. The predicted octanol–water partition coefficient (Wildman–Crippen LogP) is 1.59. The van der Waals surface area contributed by atoms with Gasteiger partial charge in [-0.05, 0) is 43.2 Å². The minimum atomic E-state index is -3.63. The summed E-state index contributed by atoms with van der Waals surface area (Å²) in [6, 6.07) is 1.85. The summed E-state index contributed by atoms with van der Waals surface area (Å²) in [5.41, 5.74) is 7.58. The number of aromatic nitrogens is 2. The highest BCUT2D eigenvalue weighted by Gasteiger charge is 2.30. The molecule has 0 radical (unpaired) electrons. The second-order valence-corrected chi connectivity index (χ2v) is 7.85. The van der Waals surface area contributed by atoms with Crippen LogP contribution in [0.15, 0.2) is 16.3 Å². The third-order valence-corrected chi connectivity index (χ3v) is 6.44. The van der Waals surface area contributed by atoms with Crippen molar-refractivity contribution in [2.75, 3.05) is 0 Å². The number of H-pyrrole nitrogens is 1. The molecule has 114 valence electrons. The zero-order valence-corrected chi connectivity index (χ0v) is 13.4. The van der Waals surface area contributed by atoms with Crippen LogP contribution in [0.1, 0.15) is 40.7 Å². The lowest BCUT2D eigenvalue weighted by Crippen LogP contribution is -2.31. The molecule has 3 rings (SSSR count). The van der Waals surface area contributed by atoms with Crippen LogP contribution in [0.5, 0.6) is 0 Å². The Kier molecular flexibility index (Phi) is 3.87. The van der Waals surface area contributed by atoms with Crippen molar-refractivity contribution in [1.29, 1.82) is 0 Å². The molecule has 8 heteroatoms. The van der Waals surface area contributed by atoms with Crippen LogP contribution in [0.2, 0.25) is 0 Å².